The van der Waals surface area contributed by atoms with Gasteiger partial charge in [0.15, 0.2) is 0 Å². The molecule has 0 aliphatic heterocycles. The van der Waals surface area contributed by atoms with E-state index in [4.69, 9.17) is 10.5 Å². The van der Waals surface area contributed by atoms with Crippen LogP contribution in [0.2, 0.25) is 0 Å². The minimum atomic E-state index is -0.497. The second-order valence-electron chi connectivity index (χ2n) is 3.58. The molecule has 0 saturated heterocycles. The van der Waals surface area contributed by atoms with Gasteiger partial charge in [-0.15, -0.1) is 0 Å². The lowest BCUT2D eigenvalue weighted by molar-refractivity contribution is -0.141. The summed E-state index contributed by atoms with van der Waals surface area (Å²) in [6, 6.07) is 4.74. The minimum Gasteiger partial charge on any atom is -0.465 e. The Morgan fingerprint density at radius 2 is 2.11 bits per heavy atom. The number of methoxy groups -OCH3 is 1. The first kappa shape index (κ1) is 14.6. The van der Waals surface area contributed by atoms with Crippen LogP contribution in [0.3, 0.4) is 0 Å². The highest BCUT2D eigenvalue weighted by molar-refractivity contribution is 5.95. The van der Waals surface area contributed by atoms with Gasteiger partial charge in [-0.25, -0.2) is 4.79 Å². The van der Waals surface area contributed by atoms with E-state index in [1.807, 2.05) is 0 Å². The van der Waals surface area contributed by atoms with Crippen LogP contribution in [0.15, 0.2) is 18.2 Å². The number of nitrogens with two attached hydrogens (primary N) is 1. The number of benzene rings is 1. The van der Waals surface area contributed by atoms with Gasteiger partial charge >= 0.3 is 11.9 Å². The van der Waals surface area contributed by atoms with Crippen LogP contribution in [0, 0.1) is 11.8 Å². The van der Waals surface area contributed by atoms with Crippen LogP contribution in [0.1, 0.15) is 29.3 Å². The molecule has 0 aromatic heterocycles. The number of anilines is 1. The first-order chi connectivity index (χ1) is 9.08. The highest BCUT2D eigenvalue weighted by atomic mass is 16.5. The zero-order valence-corrected chi connectivity index (χ0v) is 10.9. The van der Waals surface area contributed by atoms with E-state index >= 15 is 0 Å². The maximum absolute atomic E-state index is 11.3. The van der Waals surface area contributed by atoms with Crippen LogP contribution in [0.4, 0.5) is 5.69 Å². The molecule has 5 nitrogen and oxygen atoms in total. The Morgan fingerprint density at radius 1 is 1.37 bits per heavy atom. The predicted octanol–water partition coefficient (Wildman–Crippen LogP) is 1.36. The van der Waals surface area contributed by atoms with Gasteiger partial charge in [-0.2, -0.15) is 0 Å². The molecule has 1 rings (SSSR count). The number of carbonyl (C=O) groups excluding carboxylic acids is 2. The molecule has 0 amide bonds. The SMILES string of the molecule is CCOC(=O)CC#Cc1ccc(C(=O)OC)c(N)c1. The maximum Gasteiger partial charge on any atom is 0.339 e. The molecule has 0 spiro atoms. The van der Waals surface area contributed by atoms with Crippen LogP contribution in [-0.4, -0.2) is 25.7 Å². The van der Waals surface area contributed by atoms with E-state index in [0.29, 0.717) is 17.7 Å². The summed E-state index contributed by atoms with van der Waals surface area (Å²) in [4.78, 5) is 22.4. The van der Waals surface area contributed by atoms with E-state index in [2.05, 4.69) is 16.6 Å². The summed E-state index contributed by atoms with van der Waals surface area (Å²) >= 11 is 0. The van der Waals surface area contributed by atoms with E-state index in [0.717, 1.165) is 0 Å². The third-order valence-corrected chi connectivity index (χ3v) is 2.23. The molecular formula is C14H15NO4. The van der Waals surface area contributed by atoms with E-state index in [9.17, 15) is 9.59 Å². The summed E-state index contributed by atoms with van der Waals surface area (Å²) in [5, 5.41) is 0. The van der Waals surface area contributed by atoms with Crippen LogP contribution < -0.4 is 5.73 Å². The molecule has 100 valence electrons. The molecule has 0 unspecified atom stereocenters. The van der Waals surface area contributed by atoms with Crippen molar-refractivity contribution in [3.05, 3.63) is 29.3 Å². The van der Waals surface area contributed by atoms with Crippen molar-refractivity contribution in [2.45, 2.75) is 13.3 Å². The van der Waals surface area contributed by atoms with Crippen molar-refractivity contribution >= 4 is 17.6 Å². The van der Waals surface area contributed by atoms with Crippen molar-refractivity contribution in [3.63, 3.8) is 0 Å². The van der Waals surface area contributed by atoms with E-state index in [1.165, 1.54) is 13.2 Å². The monoisotopic (exact) mass is 261 g/mol. The Balaban J connectivity index is 2.77. The summed E-state index contributed by atoms with van der Waals surface area (Å²) in [7, 11) is 1.29. The van der Waals surface area contributed by atoms with E-state index < -0.39 is 5.97 Å². The topological polar surface area (TPSA) is 78.6 Å². The average Bonchev–Trinajstić information content (AvgIpc) is 2.38. The van der Waals surface area contributed by atoms with E-state index in [-0.39, 0.29) is 18.1 Å². The fraction of sp³-hybridized carbons (Fsp3) is 0.286. The molecule has 0 radical (unpaired) electrons. The molecule has 0 aliphatic carbocycles. The Hall–Kier alpha value is -2.48. The largest absolute Gasteiger partial charge is 0.465 e. The lowest BCUT2D eigenvalue weighted by Crippen LogP contribution is -2.05. The first-order valence-corrected chi connectivity index (χ1v) is 5.70. The predicted molar refractivity (Wildman–Crippen MR) is 70.3 cm³/mol. The van der Waals surface area contributed by atoms with Crippen LogP contribution >= 0.6 is 0 Å². The number of hydrogen-bond donors (Lipinski definition) is 1. The Bertz CT molecular complexity index is 540. The Morgan fingerprint density at radius 3 is 2.68 bits per heavy atom. The van der Waals surface area contributed by atoms with Crippen LogP contribution in [0.25, 0.3) is 0 Å². The standard InChI is InChI=1S/C14H15NO4/c1-3-19-13(16)6-4-5-10-7-8-11(12(15)9-10)14(17)18-2/h7-9H,3,6,15H2,1-2H3. The van der Waals surface area contributed by atoms with Gasteiger partial charge in [0.25, 0.3) is 0 Å². The second-order valence-corrected chi connectivity index (χ2v) is 3.58. The van der Waals surface area contributed by atoms with Crippen molar-refractivity contribution in [3.8, 4) is 11.8 Å². The average molecular weight is 261 g/mol. The molecule has 19 heavy (non-hydrogen) atoms. The van der Waals surface area contributed by atoms with Crippen LogP contribution in [0.5, 0.6) is 0 Å². The number of nitrogen functional groups attached to an aromatic ring is 1. The first-order valence-electron chi connectivity index (χ1n) is 5.70. The minimum absolute atomic E-state index is 0.0203. The van der Waals surface area contributed by atoms with Gasteiger partial charge in [-0.3, -0.25) is 4.79 Å². The van der Waals surface area contributed by atoms with Crippen molar-refractivity contribution in [1.29, 1.82) is 0 Å². The summed E-state index contributed by atoms with van der Waals surface area (Å²) in [5.74, 6) is 4.59. The van der Waals surface area contributed by atoms with E-state index in [1.54, 1.807) is 19.1 Å². The fourth-order valence-corrected chi connectivity index (χ4v) is 1.37. The van der Waals surface area contributed by atoms with Gasteiger partial charge in [0, 0.05) is 11.3 Å². The molecule has 0 atom stereocenters. The fourth-order valence-electron chi connectivity index (χ4n) is 1.37. The number of hydrogen-bond acceptors (Lipinski definition) is 5. The highest BCUT2D eigenvalue weighted by Crippen LogP contribution is 2.14. The molecule has 0 fully saturated rings. The molecule has 0 aliphatic rings. The van der Waals surface area contributed by atoms with Gasteiger partial charge in [0.05, 0.1) is 19.3 Å². The third kappa shape index (κ3) is 4.36. The zero-order chi connectivity index (χ0) is 14.3. The molecule has 0 bridgehead atoms. The van der Waals surface area contributed by atoms with Crippen molar-refractivity contribution < 1.29 is 19.1 Å². The number of ether oxygens (including phenoxy) is 2. The quantitative estimate of drug-likeness (QED) is 0.505. The Labute approximate surface area is 111 Å². The van der Waals surface area contributed by atoms with Crippen molar-refractivity contribution in [2.75, 3.05) is 19.5 Å². The van der Waals surface area contributed by atoms with Gasteiger partial charge in [-0.05, 0) is 25.1 Å². The normalized spacial score (nSPS) is 9.16. The van der Waals surface area contributed by atoms with Gasteiger partial charge in [0.1, 0.15) is 6.42 Å². The summed E-state index contributed by atoms with van der Waals surface area (Å²) in [6.07, 6.45) is 0.0203. The van der Waals surface area contributed by atoms with Gasteiger partial charge in [0.2, 0.25) is 0 Å². The van der Waals surface area contributed by atoms with Gasteiger partial charge in [-0.1, -0.05) is 11.8 Å². The number of rotatable bonds is 3. The molecule has 1 aromatic rings. The summed E-state index contributed by atoms with van der Waals surface area (Å²) < 4.78 is 9.32. The molecular weight excluding hydrogens is 246 g/mol. The van der Waals surface area contributed by atoms with Crippen molar-refractivity contribution in [1.82, 2.24) is 0 Å². The zero-order valence-electron chi connectivity index (χ0n) is 10.9. The molecule has 5 heteroatoms. The molecule has 1 aromatic carbocycles. The van der Waals surface area contributed by atoms with Crippen LogP contribution in [-0.2, 0) is 14.3 Å². The van der Waals surface area contributed by atoms with Crippen molar-refractivity contribution in [2.24, 2.45) is 0 Å². The number of carbonyl (C=O) groups is 2. The summed E-state index contributed by atoms with van der Waals surface area (Å²) in [6.45, 7) is 2.07. The Kier molecular flexibility index (Phi) is 5.42. The second kappa shape index (κ2) is 7.07. The summed E-state index contributed by atoms with van der Waals surface area (Å²) in [5.41, 5.74) is 6.91. The molecule has 0 saturated carbocycles. The molecule has 2 N–H and O–H groups in total. The van der Waals surface area contributed by atoms with Gasteiger partial charge < -0.3 is 15.2 Å². The molecule has 0 heterocycles. The lowest BCUT2D eigenvalue weighted by atomic mass is 10.1. The smallest absolute Gasteiger partial charge is 0.339 e. The maximum atomic E-state index is 11.3. The third-order valence-electron chi connectivity index (χ3n) is 2.23. The highest BCUT2D eigenvalue weighted by Gasteiger charge is 2.09. The number of esters is 2. The lowest BCUT2D eigenvalue weighted by Gasteiger charge is -2.03.